The van der Waals surface area contributed by atoms with Crippen LogP contribution in [0, 0.1) is 13.8 Å². The Balaban J connectivity index is 2.56. The van der Waals surface area contributed by atoms with Gasteiger partial charge >= 0.3 is 0 Å². The van der Waals surface area contributed by atoms with Crippen molar-refractivity contribution in [3.8, 4) is 10.6 Å². The zero-order valence-corrected chi connectivity index (χ0v) is 11.7. The fourth-order valence-corrected chi connectivity index (χ4v) is 3.96. The lowest BCUT2D eigenvalue weighted by Crippen LogP contribution is -1.88. The number of aryl methyl sites for hydroxylation is 2. The van der Waals surface area contributed by atoms with Crippen LogP contribution in [0.4, 0.5) is 0 Å². The normalized spacial score (nSPS) is 11.7. The lowest BCUT2D eigenvalue weighted by Gasteiger charge is -1.96. The van der Waals surface area contributed by atoms with Crippen molar-refractivity contribution >= 4 is 31.1 Å². The van der Waals surface area contributed by atoms with E-state index in [1.807, 2.05) is 31.2 Å². The van der Waals surface area contributed by atoms with Gasteiger partial charge < -0.3 is 0 Å². The highest BCUT2D eigenvalue weighted by Gasteiger charge is 2.19. The van der Waals surface area contributed by atoms with E-state index in [1.165, 1.54) is 0 Å². The second-order valence-electron chi connectivity index (χ2n) is 3.70. The van der Waals surface area contributed by atoms with E-state index in [1.54, 1.807) is 6.92 Å². The van der Waals surface area contributed by atoms with E-state index in [-0.39, 0.29) is 4.21 Å². The molecule has 0 saturated heterocycles. The van der Waals surface area contributed by atoms with Gasteiger partial charge in [0.2, 0.25) is 0 Å². The Kier molecular flexibility index (Phi) is 3.25. The van der Waals surface area contributed by atoms with E-state index in [4.69, 9.17) is 10.7 Å². The number of hydrogen-bond donors (Lipinski definition) is 0. The molecule has 0 spiro atoms. The van der Waals surface area contributed by atoms with Gasteiger partial charge in [-0.15, -0.1) is 11.3 Å². The van der Waals surface area contributed by atoms with Crippen molar-refractivity contribution in [3.63, 3.8) is 0 Å². The highest BCUT2D eigenvalue weighted by molar-refractivity contribution is 8.15. The number of nitrogens with zero attached hydrogens (tertiary/aromatic N) is 1. The van der Waals surface area contributed by atoms with Crippen LogP contribution in [0.5, 0.6) is 0 Å². The largest absolute Gasteiger partial charge is 0.272 e. The molecule has 0 N–H and O–H groups in total. The van der Waals surface area contributed by atoms with Crippen LogP contribution in [0.15, 0.2) is 28.5 Å². The van der Waals surface area contributed by atoms with Gasteiger partial charge in [-0.2, -0.15) is 0 Å². The number of rotatable bonds is 2. The molecule has 0 radical (unpaired) electrons. The topological polar surface area (TPSA) is 47.0 Å². The molecule has 6 heteroatoms. The van der Waals surface area contributed by atoms with Gasteiger partial charge in [-0.3, -0.25) is 0 Å². The Morgan fingerprint density at radius 3 is 2.53 bits per heavy atom. The van der Waals surface area contributed by atoms with E-state index in [2.05, 4.69) is 4.98 Å². The van der Waals surface area contributed by atoms with Crippen molar-refractivity contribution in [1.29, 1.82) is 0 Å². The fraction of sp³-hybridized carbons (Fsp3) is 0.182. The van der Waals surface area contributed by atoms with Crippen LogP contribution in [0.3, 0.4) is 0 Å². The number of halogens is 1. The molecule has 1 aromatic carbocycles. The van der Waals surface area contributed by atoms with Crippen LogP contribution in [-0.4, -0.2) is 13.4 Å². The zero-order chi connectivity index (χ0) is 12.6. The summed E-state index contributed by atoms with van der Waals surface area (Å²) in [5.41, 5.74) is 2.46. The second kappa shape index (κ2) is 4.40. The number of thiazole rings is 1. The molecule has 0 saturated carbocycles. The van der Waals surface area contributed by atoms with Gasteiger partial charge in [0.05, 0.1) is 5.69 Å². The first-order valence-corrected chi connectivity index (χ1v) is 7.99. The van der Waals surface area contributed by atoms with Crippen LogP contribution in [-0.2, 0) is 9.05 Å². The summed E-state index contributed by atoms with van der Waals surface area (Å²) in [5, 5.41) is 0.672. The molecule has 0 amide bonds. The van der Waals surface area contributed by atoms with Gasteiger partial charge in [0.25, 0.3) is 9.05 Å². The van der Waals surface area contributed by atoms with Gasteiger partial charge in [-0.25, -0.2) is 13.4 Å². The SMILES string of the molecule is Cc1cccc(-c2nc(C)c(S(=O)(=O)Cl)s2)c1. The van der Waals surface area contributed by atoms with Crippen molar-refractivity contribution < 1.29 is 8.42 Å². The van der Waals surface area contributed by atoms with Gasteiger partial charge in [-0.05, 0) is 19.9 Å². The van der Waals surface area contributed by atoms with Crippen molar-refractivity contribution in [2.45, 2.75) is 18.1 Å². The standard InChI is InChI=1S/C11H10ClNO2S2/c1-7-4-3-5-9(6-7)10-13-8(2)11(16-10)17(12,14)15/h3-6H,1-2H3. The highest BCUT2D eigenvalue weighted by atomic mass is 35.7. The van der Waals surface area contributed by atoms with Gasteiger partial charge in [0, 0.05) is 16.2 Å². The maximum atomic E-state index is 11.3. The highest BCUT2D eigenvalue weighted by Crippen LogP contribution is 2.32. The Hall–Kier alpha value is -0.910. The Labute approximate surface area is 109 Å². The van der Waals surface area contributed by atoms with Crippen LogP contribution in [0.2, 0.25) is 0 Å². The average molecular weight is 288 g/mol. The van der Waals surface area contributed by atoms with E-state index in [0.29, 0.717) is 10.7 Å². The number of aromatic nitrogens is 1. The Morgan fingerprint density at radius 2 is 2.00 bits per heavy atom. The smallest absolute Gasteiger partial charge is 0.240 e. The first kappa shape index (κ1) is 12.5. The van der Waals surface area contributed by atoms with Crippen molar-refractivity contribution in [1.82, 2.24) is 4.98 Å². The minimum Gasteiger partial charge on any atom is -0.240 e. The van der Waals surface area contributed by atoms with Crippen molar-refractivity contribution in [2.24, 2.45) is 0 Å². The van der Waals surface area contributed by atoms with Gasteiger partial charge in [-0.1, -0.05) is 23.8 Å². The quantitative estimate of drug-likeness (QED) is 0.796. The molecule has 0 bridgehead atoms. The summed E-state index contributed by atoms with van der Waals surface area (Å²) < 4.78 is 22.7. The molecule has 1 heterocycles. The first-order chi connectivity index (χ1) is 7.88. The number of benzene rings is 1. The molecule has 1 aromatic heterocycles. The third-order valence-electron chi connectivity index (χ3n) is 2.24. The lowest BCUT2D eigenvalue weighted by atomic mass is 10.1. The average Bonchev–Trinajstić information content (AvgIpc) is 2.60. The maximum Gasteiger partial charge on any atom is 0.272 e. The fourth-order valence-electron chi connectivity index (χ4n) is 1.51. The summed E-state index contributed by atoms with van der Waals surface area (Å²) in [6.45, 7) is 3.62. The molecule has 0 aliphatic carbocycles. The van der Waals surface area contributed by atoms with Crippen LogP contribution in [0.1, 0.15) is 11.3 Å². The molecular weight excluding hydrogens is 278 g/mol. The lowest BCUT2D eigenvalue weighted by molar-refractivity contribution is 0.610. The predicted molar refractivity (Wildman–Crippen MR) is 70.1 cm³/mol. The molecule has 2 aromatic rings. The molecule has 0 aliphatic rings. The molecule has 0 aliphatic heterocycles. The van der Waals surface area contributed by atoms with Crippen LogP contribution in [0.25, 0.3) is 10.6 Å². The van der Waals surface area contributed by atoms with Crippen LogP contribution < -0.4 is 0 Å². The summed E-state index contributed by atoms with van der Waals surface area (Å²) in [4.78, 5) is 4.24. The summed E-state index contributed by atoms with van der Waals surface area (Å²) in [6.07, 6.45) is 0. The van der Waals surface area contributed by atoms with Crippen LogP contribution >= 0.6 is 22.0 Å². The monoisotopic (exact) mass is 287 g/mol. The zero-order valence-electron chi connectivity index (χ0n) is 9.27. The van der Waals surface area contributed by atoms with E-state index in [0.717, 1.165) is 22.5 Å². The minimum atomic E-state index is -3.70. The summed E-state index contributed by atoms with van der Waals surface area (Å²) in [7, 11) is 1.64. The summed E-state index contributed by atoms with van der Waals surface area (Å²) in [5.74, 6) is 0. The molecule has 17 heavy (non-hydrogen) atoms. The van der Waals surface area contributed by atoms with E-state index in [9.17, 15) is 8.42 Å². The summed E-state index contributed by atoms with van der Waals surface area (Å²) in [6, 6.07) is 7.75. The number of hydrogen-bond acceptors (Lipinski definition) is 4. The third kappa shape index (κ3) is 2.68. The molecule has 0 atom stereocenters. The maximum absolute atomic E-state index is 11.3. The van der Waals surface area contributed by atoms with E-state index < -0.39 is 9.05 Å². The van der Waals surface area contributed by atoms with Gasteiger partial charge in [0.1, 0.15) is 5.01 Å². The molecule has 3 nitrogen and oxygen atoms in total. The third-order valence-corrected chi connectivity index (χ3v) is 5.63. The summed E-state index contributed by atoms with van der Waals surface area (Å²) >= 11 is 1.10. The molecular formula is C11H10ClNO2S2. The van der Waals surface area contributed by atoms with E-state index >= 15 is 0 Å². The molecule has 90 valence electrons. The molecule has 2 rings (SSSR count). The Bertz CT molecular complexity index is 662. The molecule has 0 unspecified atom stereocenters. The van der Waals surface area contributed by atoms with Crippen molar-refractivity contribution in [2.75, 3.05) is 0 Å². The first-order valence-electron chi connectivity index (χ1n) is 4.87. The second-order valence-corrected chi connectivity index (χ2v) is 7.46. The van der Waals surface area contributed by atoms with Crippen molar-refractivity contribution in [3.05, 3.63) is 35.5 Å². The van der Waals surface area contributed by atoms with Gasteiger partial charge in [0.15, 0.2) is 4.21 Å². The minimum absolute atomic E-state index is 0.121. The molecule has 0 fully saturated rings. The predicted octanol–water partition coefficient (Wildman–Crippen LogP) is 3.35. The Morgan fingerprint density at radius 1 is 1.29 bits per heavy atom.